The van der Waals surface area contributed by atoms with Gasteiger partial charge in [-0.25, -0.2) is 9.78 Å². The Bertz CT molecular complexity index is 1060. The second kappa shape index (κ2) is 8.96. The van der Waals surface area contributed by atoms with Crippen LogP contribution >= 0.6 is 0 Å². The minimum absolute atomic E-state index is 0.130. The van der Waals surface area contributed by atoms with E-state index in [2.05, 4.69) is 52.6 Å². The molecule has 0 aromatic carbocycles. The number of halogens is 3. The number of carboxylic acid groups (broad SMARTS) is 1. The van der Waals surface area contributed by atoms with Gasteiger partial charge in [0.05, 0.1) is 11.4 Å². The third-order valence-electron chi connectivity index (χ3n) is 6.59. The van der Waals surface area contributed by atoms with Crippen LogP contribution in [-0.4, -0.2) is 57.2 Å². The molecule has 0 bridgehead atoms. The highest BCUT2D eigenvalue weighted by atomic mass is 19.4. The summed E-state index contributed by atoms with van der Waals surface area (Å²) in [5.74, 6) is -0.264. The number of rotatable bonds is 4. The van der Waals surface area contributed by atoms with Gasteiger partial charge in [0.25, 0.3) is 0 Å². The van der Waals surface area contributed by atoms with E-state index in [9.17, 15) is 18.0 Å². The number of carbonyl (C=O) groups excluding carboxylic acids is 1. The van der Waals surface area contributed by atoms with E-state index in [-0.39, 0.29) is 5.54 Å². The number of carboxylic acids is 1. The van der Waals surface area contributed by atoms with Crippen molar-refractivity contribution in [1.82, 2.24) is 14.5 Å². The Kier molecular flexibility index (Phi) is 6.35. The Morgan fingerprint density at radius 2 is 1.94 bits per heavy atom. The molecular weight excluding hydrogens is 449 g/mol. The molecular formula is C24H29F3N4O3. The van der Waals surface area contributed by atoms with Crippen molar-refractivity contribution in [3.05, 3.63) is 42.4 Å². The maximum Gasteiger partial charge on any atom is 0.490 e. The molecule has 10 heteroatoms. The second-order valence-corrected chi connectivity index (χ2v) is 9.66. The van der Waals surface area contributed by atoms with Crippen molar-refractivity contribution in [2.45, 2.75) is 51.2 Å². The third kappa shape index (κ3) is 4.63. The number of aliphatic carboxylic acids is 1. The molecule has 2 fully saturated rings. The molecule has 1 amide bonds. The van der Waals surface area contributed by atoms with Crippen molar-refractivity contribution in [2.24, 2.45) is 11.8 Å². The molecule has 2 aliphatic heterocycles. The van der Waals surface area contributed by atoms with E-state index in [0.717, 1.165) is 37.8 Å². The van der Waals surface area contributed by atoms with Gasteiger partial charge in [-0.2, -0.15) is 13.2 Å². The van der Waals surface area contributed by atoms with E-state index in [1.165, 1.54) is 24.2 Å². The molecule has 1 N–H and O–H groups in total. The minimum Gasteiger partial charge on any atom is -0.475 e. The van der Waals surface area contributed by atoms with Crippen molar-refractivity contribution in [3.63, 3.8) is 0 Å². The topological polar surface area (TPSA) is 78.7 Å². The lowest BCUT2D eigenvalue weighted by Gasteiger charge is -2.47. The average Bonchev–Trinajstić information content (AvgIpc) is 3.26. The molecule has 1 aliphatic carbocycles. The van der Waals surface area contributed by atoms with Crippen LogP contribution in [0.5, 0.6) is 0 Å². The summed E-state index contributed by atoms with van der Waals surface area (Å²) in [5.41, 5.74) is 2.37. The fourth-order valence-electron chi connectivity index (χ4n) is 4.84. The minimum atomic E-state index is -5.08. The number of alkyl halides is 3. The number of fused-ring (bicyclic) bond motifs is 4. The third-order valence-corrected chi connectivity index (χ3v) is 6.59. The number of nitrogens with zero attached hydrogens (tertiary/aromatic N) is 4. The number of likely N-dealkylation sites (tertiary alicyclic amines) is 1. The van der Waals surface area contributed by atoms with Gasteiger partial charge in [-0.15, -0.1) is 0 Å². The van der Waals surface area contributed by atoms with Crippen molar-refractivity contribution in [1.29, 1.82) is 0 Å². The lowest BCUT2D eigenvalue weighted by molar-refractivity contribution is -0.192. The number of anilines is 1. The monoisotopic (exact) mass is 478 g/mol. The van der Waals surface area contributed by atoms with Gasteiger partial charge in [-0.1, -0.05) is 13.8 Å². The van der Waals surface area contributed by atoms with Crippen LogP contribution in [0.3, 0.4) is 0 Å². The maximum absolute atomic E-state index is 12.8. The maximum atomic E-state index is 12.8. The van der Waals surface area contributed by atoms with Gasteiger partial charge >= 0.3 is 12.1 Å². The van der Waals surface area contributed by atoms with Crippen LogP contribution in [0.4, 0.5) is 18.9 Å². The standard InChI is InChI=1S/C22H28N4O.C2HF3O2/c1-16(2)13-20(27)24-12-9-22(15-24)19-6-4-11-25(19)21-18(5-3-10-23-21)26(22)14-17-7-8-17;3-2(4,5)1(6)7/h3-6,10-11,16-17H,7-9,12-15H2,1-2H3;(H,6,7). The van der Waals surface area contributed by atoms with Gasteiger partial charge in [0, 0.05) is 38.4 Å². The Morgan fingerprint density at radius 3 is 2.56 bits per heavy atom. The van der Waals surface area contributed by atoms with Crippen molar-refractivity contribution >= 4 is 17.6 Å². The summed E-state index contributed by atoms with van der Waals surface area (Å²) in [6, 6.07) is 8.59. The predicted molar refractivity (Wildman–Crippen MR) is 120 cm³/mol. The molecule has 0 radical (unpaired) electrons. The first-order chi connectivity index (χ1) is 16.0. The summed E-state index contributed by atoms with van der Waals surface area (Å²) >= 11 is 0. The molecule has 1 saturated carbocycles. The first-order valence-corrected chi connectivity index (χ1v) is 11.5. The van der Waals surface area contributed by atoms with Gasteiger partial charge in [0.1, 0.15) is 5.54 Å². The van der Waals surface area contributed by atoms with Gasteiger partial charge < -0.3 is 19.5 Å². The van der Waals surface area contributed by atoms with Crippen LogP contribution in [0.25, 0.3) is 5.82 Å². The Balaban J connectivity index is 0.000000344. The van der Waals surface area contributed by atoms with Crippen molar-refractivity contribution < 1.29 is 27.9 Å². The molecule has 1 saturated heterocycles. The molecule has 3 aliphatic rings. The van der Waals surface area contributed by atoms with E-state index in [0.29, 0.717) is 18.2 Å². The molecule has 1 atom stereocenters. The molecule has 2 aromatic heterocycles. The Labute approximate surface area is 196 Å². The van der Waals surface area contributed by atoms with Crippen molar-refractivity contribution in [2.75, 3.05) is 24.5 Å². The zero-order valence-corrected chi connectivity index (χ0v) is 19.3. The molecule has 4 heterocycles. The van der Waals surface area contributed by atoms with Gasteiger partial charge in [-0.05, 0) is 55.4 Å². The highest BCUT2D eigenvalue weighted by Crippen LogP contribution is 2.48. The molecule has 1 spiro atoms. The van der Waals surface area contributed by atoms with Gasteiger partial charge in [0.15, 0.2) is 5.82 Å². The quantitative estimate of drug-likeness (QED) is 0.712. The predicted octanol–water partition coefficient (Wildman–Crippen LogP) is 4.21. The molecule has 34 heavy (non-hydrogen) atoms. The first-order valence-electron chi connectivity index (χ1n) is 11.5. The van der Waals surface area contributed by atoms with Crippen molar-refractivity contribution in [3.8, 4) is 5.82 Å². The lowest BCUT2D eigenvalue weighted by atomic mass is 9.88. The van der Waals surface area contributed by atoms with E-state index < -0.39 is 12.1 Å². The Hall–Kier alpha value is -3.04. The highest BCUT2D eigenvalue weighted by Gasteiger charge is 2.51. The largest absolute Gasteiger partial charge is 0.490 e. The smallest absolute Gasteiger partial charge is 0.475 e. The van der Waals surface area contributed by atoms with Crippen LogP contribution in [0, 0.1) is 11.8 Å². The normalized spacial score (nSPS) is 21.2. The van der Waals surface area contributed by atoms with Crippen LogP contribution < -0.4 is 4.90 Å². The SMILES string of the molecule is CC(C)CC(=O)N1CCC2(C1)c1cccn1-c1ncccc1N2CC1CC1.O=C(O)C(F)(F)F. The molecule has 1 unspecified atom stereocenters. The zero-order valence-electron chi connectivity index (χ0n) is 19.3. The summed E-state index contributed by atoms with van der Waals surface area (Å²) in [6.45, 7) is 6.93. The van der Waals surface area contributed by atoms with E-state index in [4.69, 9.17) is 14.9 Å². The number of hydrogen-bond acceptors (Lipinski definition) is 4. The number of carbonyl (C=O) groups is 2. The number of aromatic nitrogens is 2. The average molecular weight is 479 g/mol. The molecule has 184 valence electrons. The summed E-state index contributed by atoms with van der Waals surface area (Å²) in [5, 5.41) is 7.12. The Morgan fingerprint density at radius 1 is 1.24 bits per heavy atom. The number of hydrogen-bond donors (Lipinski definition) is 1. The lowest BCUT2D eigenvalue weighted by Crippen LogP contribution is -2.53. The fourth-order valence-corrected chi connectivity index (χ4v) is 4.84. The van der Waals surface area contributed by atoms with Gasteiger partial charge in [0.2, 0.25) is 5.91 Å². The van der Waals surface area contributed by atoms with Crippen LogP contribution in [-0.2, 0) is 15.1 Å². The highest BCUT2D eigenvalue weighted by molar-refractivity contribution is 5.77. The first kappa shape index (κ1) is 24.1. The van der Waals surface area contributed by atoms with Gasteiger partial charge in [-0.3, -0.25) is 4.79 Å². The number of pyridine rings is 1. The number of amides is 1. The zero-order chi connectivity index (χ0) is 24.7. The fraction of sp³-hybridized carbons (Fsp3) is 0.542. The van der Waals surface area contributed by atoms with E-state index in [1.54, 1.807) is 0 Å². The summed E-state index contributed by atoms with van der Waals surface area (Å²) < 4.78 is 34.0. The summed E-state index contributed by atoms with van der Waals surface area (Å²) in [6.07, 6.45) is 3.18. The second-order valence-electron chi connectivity index (χ2n) is 9.66. The summed E-state index contributed by atoms with van der Waals surface area (Å²) in [4.78, 5) is 31.1. The summed E-state index contributed by atoms with van der Waals surface area (Å²) in [7, 11) is 0. The molecule has 2 aromatic rings. The van der Waals surface area contributed by atoms with Crippen LogP contribution in [0.2, 0.25) is 0 Å². The molecule has 7 nitrogen and oxygen atoms in total. The molecule has 5 rings (SSSR count). The van der Waals surface area contributed by atoms with E-state index >= 15 is 0 Å². The van der Waals surface area contributed by atoms with Crippen LogP contribution in [0.15, 0.2) is 36.7 Å². The van der Waals surface area contributed by atoms with E-state index in [1.807, 2.05) is 12.3 Å². The van der Waals surface area contributed by atoms with Crippen LogP contribution in [0.1, 0.15) is 45.2 Å².